The summed E-state index contributed by atoms with van der Waals surface area (Å²) in [5, 5.41) is 6.25. The van der Waals surface area contributed by atoms with Gasteiger partial charge >= 0.3 is 0 Å². The van der Waals surface area contributed by atoms with E-state index in [0.29, 0.717) is 12.5 Å². The predicted molar refractivity (Wildman–Crippen MR) is 93.1 cm³/mol. The lowest BCUT2D eigenvalue weighted by atomic mass is 10.0. The van der Waals surface area contributed by atoms with Crippen molar-refractivity contribution in [1.29, 1.82) is 0 Å². The van der Waals surface area contributed by atoms with E-state index in [1.54, 1.807) is 0 Å². The zero-order chi connectivity index (χ0) is 13.2. The molecule has 0 saturated heterocycles. The minimum atomic E-state index is 0. The van der Waals surface area contributed by atoms with Gasteiger partial charge in [0.15, 0.2) is 5.96 Å². The molecule has 1 unspecified atom stereocenters. The third kappa shape index (κ3) is 7.06. The van der Waals surface area contributed by atoms with Gasteiger partial charge in [0, 0.05) is 19.0 Å². The molecule has 0 heterocycles. The van der Waals surface area contributed by atoms with Crippen LogP contribution in [0.25, 0.3) is 0 Å². The van der Waals surface area contributed by atoms with Crippen molar-refractivity contribution in [2.24, 2.45) is 4.99 Å². The molecule has 0 bridgehead atoms. The number of hydrogen-bond acceptors (Lipinski definition) is 1. The third-order valence-electron chi connectivity index (χ3n) is 2.59. The third-order valence-corrected chi connectivity index (χ3v) is 2.59. The van der Waals surface area contributed by atoms with E-state index >= 15 is 0 Å². The van der Waals surface area contributed by atoms with Crippen molar-refractivity contribution in [3.63, 3.8) is 0 Å². The van der Waals surface area contributed by atoms with Gasteiger partial charge < -0.3 is 10.6 Å². The van der Waals surface area contributed by atoms with Crippen molar-refractivity contribution in [2.45, 2.75) is 19.8 Å². The molecule has 1 rings (SSSR count). The van der Waals surface area contributed by atoms with Crippen LogP contribution in [0.4, 0.5) is 0 Å². The van der Waals surface area contributed by atoms with E-state index < -0.39 is 0 Å². The summed E-state index contributed by atoms with van der Waals surface area (Å²) < 4.78 is 0. The Morgan fingerprint density at radius 3 is 2.58 bits per heavy atom. The molecule has 0 fully saturated rings. The van der Waals surface area contributed by atoms with Gasteiger partial charge in [-0.05, 0) is 12.5 Å². The highest BCUT2D eigenvalue weighted by molar-refractivity contribution is 14.0. The Hall–Kier alpha value is -1.22. The molecule has 1 aromatic carbocycles. The topological polar surface area (TPSA) is 36.4 Å². The number of terminal acetylenes is 1. The van der Waals surface area contributed by atoms with Crippen LogP contribution in [0.3, 0.4) is 0 Å². The van der Waals surface area contributed by atoms with Crippen molar-refractivity contribution in [3.05, 3.63) is 35.9 Å². The van der Waals surface area contributed by atoms with Crippen molar-refractivity contribution < 1.29 is 0 Å². The molecule has 1 atom stereocenters. The van der Waals surface area contributed by atoms with Gasteiger partial charge in [-0.2, -0.15) is 0 Å². The van der Waals surface area contributed by atoms with E-state index in [9.17, 15) is 0 Å². The molecule has 0 saturated carbocycles. The Morgan fingerprint density at radius 2 is 2.00 bits per heavy atom. The number of benzene rings is 1. The Morgan fingerprint density at radius 1 is 1.32 bits per heavy atom. The fourth-order valence-corrected chi connectivity index (χ4v) is 1.59. The summed E-state index contributed by atoms with van der Waals surface area (Å²) in [7, 11) is 0. The number of rotatable bonds is 5. The largest absolute Gasteiger partial charge is 0.357 e. The van der Waals surface area contributed by atoms with Gasteiger partial charge in [-0.15, -0.1) is 30.4 Å². The molecule has 19 heavy (non-hydrogen) atoms. The molecule has 0 amide bonds. The van der Waals surface area contributed by atoms with E-state index in [-0.39, 0.29) is 24.0 Å². The predicted octanol–water partition coefficient (Wildman–Crippen LogP) is 2.60. The van der Waals surface area contributed by atoms with Gasteiger partial charge in [0.05, 0.1) is 6.54 Å². The minimum Gasteiger partial charge on any atom is -0.357 e. The molecule has 0 radical (unpaired) electrons. The molecule has 0 aliphatic carbocycles. The molecule has 2 N–H and O–H groups in total. The van der Waals surface area contributed by atoms with E-state index in [1.165, 1.54) is 5.56 Å². The lowest BCUT2D eigenvalue weighted by Crippen LogP contribution is -2.37. The lowest BCUT2D eigenvalue weighted by molar-refractivity contribution is 0.757. The first-order chi connectivity index (χ1) is 8.77. The molecule has 0 aliphatic rings. The van der Waals surface area contributed by atoms with Gasteiger partial charge in [0.25, 0.3) is 0 Å². The summed E-state index contributed by atoms with van der Waals surface area (Å²) in [5.41, 5.74) is 1.30. The maximum atomic E-state index is 5.22. The summed E-state index contributed by atoms with van der Waals surface area (Å²) in [5.74, 6) is 3.72. The van der Waals surface area contributed by atoms with Crippen LogP contribution in [0, 0.1) is 12.3 Å². The average Bonchev–Trinajstić information content (AvgIpc) is 2.42. The molecule has 0 spiro atoms. The lowest BCUT2D eigenvalue weighted by Gasteiger charge is -2.12. The highest BCUT2D eigenvalue weighted by Gasteiger charge is 2.04. The highest BCUT2D eigenvalue weighted by atomic mass is 127. The molecule has 4 heteroatoms. The summed E-state index contributed by atoms with van der Waals surface area (Å²) in [6, 6.07) is 10.4. The fraction of sp³-hybridized carbons (Fsp3) is 0.400. The van der Waals surface area contributed by atoms with E-state index in [4.69, 9.17) is 6.42 Å². The van der Waals surface area contributed by atoms with Gasteiger partial charge in [-0.25, -0.2) is 0 Å². The number of nitrogens with zero attached hydrogens (tertiary/aromatic N) is 1. The van der Waals surface area contributed by atoms with Crippen molar-refractivity contribution >= 4 is 29.9 Å². The number of hydrogen-bond donors (Lipinski definition) is 2. The Kier molecular flexibility index (Phi) is 9.99. The van der Waals surface area contributed by atoms with Crippen LogP contribution in [0.5, 0.6) is 0 Å². The second-order valence-corrected chi connectivity index (χ2v) is 4.09. The second-order valence-electron chi connectivity index (χ2n) is 4.09. The molecule has 3 nitrogen and oxygen atoms in total. The van der Waals surface area contributed by atoms with Crippen LogP contribution in [-0.2, 0) is 0 Å². The van der Waals surface area contributed by atoms with Crippen LogP contribution in [0.1, 0.15) is 25.3 Å². The molecule has 1 aromatic rings. The smallest absolute Gasteiger partial charge is 0.192 e. The molecular formula is C15H22IN3. The van der Waals surface area contributed by atoms with Crippen LogP contribution >= 0.6 is 24.0 Å². The zero-order valence-electron chi connectivity index (χ0n) is 11.5. The first-order valence-electron chi connectivity index (χ1n) is 6.28. The number of guanidine groups is 1. The number of nitrogens with one attached hydrogen (secondary N) is 2. The van der Waals surface area contributed by atoms with Crippen LogP contribution in [0.2, 0.25) is 0 Å². The van der Waals surface area contributed by atoms with Crippen molar-refractivity contribution in [2.75, 3.05) is 19.6 Å². The number of aliphatic imine (C=N–C) groups is 1. The van der Waals surface area contributed by atoms with Gasteiger partial charge in [-0.1, -0.05) is 43.2 Å². The SMILES string of the molecule is C#CCNC(=NCC(C)c1ccccc1)NCC.I. The highest BCUT2D eigenvalue weighted by Crippen LogP contribution is 2.14. The van der Waals surface area contributed by atoms with Crippen molar-refractivity contribution in [3.8, 4) is 12.3 Å². The summed E-state index contributed by atoms with van der Waals surface area (Å²) in [6.45, 7) is 6.27. The van der Waals surface area contributed by atoms with Crippen LogP contribution in [0.15, 0.2) is 35.3 Å². The van der Waals surface area contributed by atoms with Crippen LogP contribution < -0.4 is 10.6 Å². The fourth-order valence-electron chi connectivity index (χ4n) is 1.59. The maximum Gasteiger partial charge on any atom is 0.192 e. The summed E-state index contributed by atoms with van der Waals surface area (Å²) in [4.78, 5) is 4.53. The molecule has 104 valence electrons. The van der Waals surface area contributed by atoms with Crippen LogP contribution in [-0.4, -0.2) is 25.6 Å². The molecular weight excluding hydrogens is 349 g/mol. The standard InChI is InChI=1S/C15H21N3.HI/c1-4-11-17-15(16-5-2)18-12-13(3)14-9-7-6-8-10-14;/h1,6-10,13H,5,11-12H2,2-3H3,(H2,16,17,18);1H. The van der Waals surface area contributed by atoms with E-state index in [1.807, 2.05) is 13.0 Å². The van der Waals surface area contributed by atoms with E-state index in [2.05, 4.69) is 52.7 Å². The Bertz CT molecular complexity index is 409. The average molecular weight is 371 g/mol. The second kappa shape index (κ2) is 10.7. The van der Waals surface area contributed by atoms with E-state index in [0.717, 1.165) is 19.0 Å². The molecule has 0 aliphatic heterocycles. The minimum absolute atomic E-state index is 0. The zero-order valence-corrected chi connectivity index (χ0v) is 13.8. The van der Waals surface area contributed by atoms with Gasteiger partial charge in [0.2, 0.25) is 0 Å². The van der Waals surface area contributed by atoms with Crippen molar-refractivity contribution in [1.82, 2.24) is 10.6 Å². The summed E-state index contributed by atoms with van der Waals surface area (Å²) in [6.07, 6.45) is 5.22. The quantitative estimate of drug-likeness (QED) is 0.361. The van der Waals surface area contributed by atoms with Gasteiger partial charge in [-0.3, -0.25) is 4.99 Å². The first-order valence-corrected chi connectivity index (χ1v) is 6.28. The Balaban J connectivity index is 0.00000324. The maximum absolute atomic E-state index is 5.22. The monoisotopic (exact) mass is 371 g/mol. The number of halogens is 1. The Labute approximate surface area is 133 Å². The van der Waals surface area contributed by atoms with Gasteiger partial charge in [0.1, 0.15) is 0 Å². The molecule has 0 aromatic heterocycles. The normalized spacial score (nSPS) is 11.9. The summed E-state index contributed by atoms with van der Waals surface area (Å²) >= 11 is 0. The first kappa shape index (κ1) is 17.8.